The van der Waals surface area contributed by atoms with Crippen molar-refractivity contribution in [1.29, 1.82) is 0 Å². The third-order valence-corrected chi connectivity index (χ3v) is 6.26. The van der Waals surface area contributed by atoms with Crippen molar-refractivity contribution in [3.8, 4) is 0 Å². The Hall–Kier alpha value is -3.13. The molecule has 0 unspecified atom stereocenters. The fourth-order valence-corrected chi connectivity index (χ4v) is 4.91. The number of nitrogens with zero attached hydrogens (tertiary/aromatic N) is 2. The molecule has 29 heavy (non-hydrogen) atoms. The van der Waals surface area contributed by atoms with Crippen LogP contribution in [0.4, 0.5) is 0 Å². The van der Waals surface area contributed by atoms with E-state index in [1.165, 1.54) is 16.7 Å². The molecule has 2 aliphatic heterocycles. The van der Waals surface area contributed by atoms with Gasteiger partial charge in [-0.15, -0.1) is 11.8 Å². The zero-order valence-electron chi connectivity index (χ0n) is 15.5. The molecule has 3 heterocycles. The topological polar surface area (TPSA) is 90.6 Å². The monoisotopic (exact) mass is 410 g/mol. The Morgan fingerprint density at radius 3 is 2.52 bits per heavy atom. The molecule has 0 aliphatic carbocycles. The van der Waals surface area contributed by atoms with Crippen LogP contribution in [-0.2, 0) is 27.3 Å². The summed E-state index contributed by atoms with van der Waals surface area (Å²) >= 11 is 1.48. The van der Waals surface area contributed by atoms with Crippen molar-refractivity contribution in [3.63, 3.8) is 0 Å². The minimum absolute atomic E-state index is 0.0312. The zero-order chi connectivity index (χ0) is 20.4. The molecule has 148 valence electrons. The lowest BCUT2D eigenvalue weighted by molar-refractivity contribution is -0.689. The van der Waals surface area contributed by atoms with E-state index in [1.807, 2.05) is 65.5 Å². The maximum atomic E-state index is 12.7. The predicted octanol–water partition coefficient (Wildman–Crippen LogP) is 0.955. The van der Waals surface area contributed by atoms with E-state index >= 15 is 0 Å². The minimum Gasteiger partial charge on any atom is -0.477 e. The second-order valence-corrected chi connectivity index (χ2v) is 8.03. The van der Waals surface area contributed by atoms with Crippen LogP contribution >= 0.6 is 11.8 Å². The Morgan fingerprint density at radius 1 is 1.14 bits per heavy atom. The van der Waals surface area contributed by atoms with Gasteiger partial charge in [-0.25, -0.2) is 9.36 Å². The van der Waals surface area contributed by atoms with Crippen molar-refractivity contribution in [2.75, 3.05) is 5.75 Å². The van der Waals surface area contributed by atoms with Gasteiger partial charge >= 0.3 is 5.97 Å². The second kappa shape index (κ2) is 8.08. The van der Waals surface area contributed by atoms with Gasteiger partial charge in [-0.1, -0.05) is 36.4 Å². The van der Waals surface area contributed by atoms with Crippen molar-refractivity contribution < 1.29 is 24.1 Å². The van der Waals surface area contributed by atoms with Crippen LogP contribution in [0.2, 0.25) is 0 Å². The van der Waals surface area contributed by atoms with Crippen molar-refractivity contribution in [1.82, 2.24) is 10.2 Å². The fourth-order valence-electron chi connectivity index (χ4n) is 3.57. The zero-order valence-corrected chi connectivity index (χ0v) is 16.3. The second-order valence-electron chi connectivity index (χ2n) is 6.92. The molecule has 1 fully saturated rings. The number of β-lactam (4-membered cyclic amide) rings is 1. The van der Waals surface area contributed by atoms with Gasteiger partial charge in [0.15, 0.2) is 18.9 Å². The van der Waals surface area contributed by atoms with E-state index < -0.39 is 17.4 Å². The number of nitrogens with one attached hydrogen (secondary N) is 1. The van der Waals surface area contributed by atoms with Gasteiger partial charge in [0.1, 0.15) is 17.1 Å². The van der Waals surface area contributed by atoms with Crippen molar-refractivity contribution >= 4 is 29.5 Å². The molecule has 0 saturated carbocycles. The average molecular weight is 410 g/mol. The van der Waals surface area contributed by atoms with Gasteiger partial charge in [-0.3, -0.25) is 14.5 Å². The van der Waals surface area contributed by atoms with Crippen LogP contribution < -0.4 is 9.88 Å². The smallest absolute Gasteiger partial charge is 0.352 e. The van der Waals surface area contributed by atoms with E-state index in [-0.39, 0.29) is 23.9 Å². The summed E-state index contributed by atoms with van der Waals surface area (Å²) < 4.78 is 1.88. The molecule has 4 rings (SSSR count). The first kappa shape index (κ1) is 19.2. The van der Waals surface area contributed by atoms with Gasteiger partial charge in [0, 0.05) is 23.5 Å². The fraction of sp³-hybridized carbons (Fsp3) is 0.238. The molecule has 2 amide bonds. The normalized spacial score (nSPS) is 20.7. The number of aliphatic carboxylic acids is 1. The van der Waals surface area contributed by atoms with E-state index in [0.29, 0.717) is 17.9 Å². The highest BCUT2D eigenvalue weighted by Gasteiger charge is 2.54. The van der Waals surface area contributed by atoms with Gasteiger partial charge in [-0.2, -0.15) is 0 Å². The molecule has 1 aromatic heterocycles. The molecule has 1 saturated heterocycles. The number of carbonyl (C=O) groups is 3. The van der Waals surface area contributed by atoms with Gasteiger partial charge in [0.05, 0.1) is 6.42 Å². The van der Waals surface area contributed by atoms with E-state index in [4.69, 9.17) is 0 Å². The lowest BCUT2D eigenvalue weighted by Crippen LogP contribution is -2.70. The van der Waals surface area contributed by atoms with Crippen LogP contribution in [0.1, 0.15) is 5.56 Å². The van der Waals surface area contributed by atoms with Gasteiger partial charge < -0.3 is 10.4 Å². The molecule has 0 spiro atoms. The third kappa shape index (κ3) is 3.88. The number of benzene rings is 1. The van der Waals surface area contributed by atoms with E-state index in [2.05, 4.69) is 5.32 Å². The number of pyridine rings is 1. The highest BCUT2D eigenvalue weighted by molar-refractivity contribution is 8.00. The maximum Gasteiger partial charge on any atom is 0.352 e. The number of fused-ring (bicyclic) bond motifs is 1. The number of carbonyl (C=O) groups excluding carboxylic acids is 2. The minimum atomic E-state index is -1.12. The molecule has 1 aromatic carbocycles. The number of carboxylic acid groups (broad SMARTS) is 1. The maximum absolute atomic E-state index is 12.7. The third-order valence-electron chi connectivity index (χ3n) is 4.92. The predicted molar refractivity (Wildman–Crippen MR) is 106 cm³/mol. The summed E-state index contributed by atoms with van der Waals surface area (Å²) in [6.07, 6.45) is 3.89. The largest absolute Gasteiger partial charge is 0.477 e. The number of aromatic nitrogens is 1. The van der Waals surface area contributed by atoms with Crippen LogP contribution in [0.25, 0.3) is 0 Å². The number of hydrogen-bond donors (Lipinski definition) is 2. The molecule has 8 heteroatoms. The van der Waals surface area contributed by atoms with Crippen LogP contribution in [0.3, 0.4) is 0 Å². The molecule has 0 bridgehead atoms. The van der Waals surface area contributed by atoms with Crippen LogP contribution in [-0.4, -0.2) is 45.0 Å². The Balaban J connectivity index is 1.48. The quantitative estimate of drug-likeness (QED) is 0.547. The molecular weight excluding hydrogens is 390 g/mol. The lowest BCUT2D eigenvalue weighted by atomic mass is 10.0. The first-order valence-electron chi connectivity index (χ1n) is 9.22. The van der Waals surface area contributed by atoms with E-state index in [0.717, 1.165) is 5.56 Å². The van der Waals surface area contributed by atoms with Crippen LogP contribution in [0, 0.1) is 0 Å². The number of carboxylic acids is 1. The summed E-state index contributed by atoms with van der Waals surface area (Å²) in [4.78, 5) is 38.2. The Morgan fingerprint density at radius 2 is 1.83 bits per heavy atom. The standard InChI is InChI=1S/C21H19N3O4S/c25-16(11-14-7-3-1-4-8-14)22-17-19(26)24-18(21(27)28)15(13-29-20(17)24)12-23-9-5-2-6-10-23/h1-10,17,20H,11-13H2,(H-,22,25,27,28)/p+1/t17-,20-/m1/s1. The summed E-state index contributed by atoms with van der Waals surface area (Å²) in [6.45, 7) is 0.400. The summed E-state index contributed by atoms with van der Waals surface area (Å²) in [6, 6.07) is 14.2. The highest BCUT2D eigenvalue weighted by Crippen LogP contribution is 2.40. The first-order valence-corrected chi connectivity index (χ1v) is 10.3. The van der Waals surface area contributed by atoms with Crippen molar-refractivity contribution in [3.05, 3.63) is 77.8 Å². The molecule has 2 N–H and O–H groups in total. The van der Waals surface area contributed by atoms with Crippen LogP contribution in [0.5, 0.6) is 0 Å². The number of hydrogen-bond acceptors (Lipinski definition) is 4. The Kier molecular flexibility index (Phi) is 5.35. The molecule has 2 aromatic rings. The molecule has 0 radical (unpaired) electrons. The van der Waals surface area contributed by atoms with E-state index in [9.17, 15) is 19.5 Å². The lowest BCUT2D eigenvalue weighted by Gasteiger charge is -2.49. The number of amides is 2. The van der Waals surface area contributed by atoms with Crippen molar-refractivity contribution in [2.45, 2.75) is 24.4 Å². The average Bonchev–Trinajstić information content (AvgIpc) is 2.73. The number of rotatable bonds is 6. The SMILES string of the molecule is O=C(Cc1ccccc1)N[C@@H]1C(=O)N2C(C(=O)O)=C(C[n+]3ccccc3)CS[C@H]12. The highest BCUT2D eigenvalue weighted by atomic mass is 32.2. The van der Waals surface area contributed by atoms with Gasteiger partial charge in [0.2, 0.25) is 5.91 Å². The number of thioether (sulfide) groups is 1. The van der Waals surface area contributed by atoms with Gasteiger partial charge in [-0.05, 0) is 5.56 Å². The first-order chi connectivity index (χ1) is 14.0. The Bertz CT molecular complexity index is 978. The summed E-state index contributed by atoms with van der Waals surface area (Å²) in [5, 5.41) is 12.1. The molecule has 2 aliphatic rings. The Labute approximate surface area is 172 Å². The summed E-state index contributed by atoms with van der Waals surface area (Å²) in [7, 11) is 0. The molecule has 7 nitrogen and oxygen atoms in total. The van der Waals surface area contributed by atoms with Gasteiger partial charge in [0.25, 0.3) is 5.91 Å². The van der Waals surface area contributed by atoms with Crippen LogP contribution in [0.15, 0.2) is 72.2 Å². The summed E-state index contributed by atoms with van der Waals surface area (Å²) in [5.41, 5.74) is 1.57. The summed E-state index contributed by atoms with van der Waals surface area (Å²) in [5.74, 6) is -1.26. The molecule has 2 atom stereocenters. The molecular formula is C21H20N3O4S+. The van der Waals surface area contributed by atoms with E-state index in [1.54, 1.807) is 0 Å². The van der Waals surface area contributed by atoms with Crippen molar-refractivity contribution in [2.24, 2.45) is 0 Å².